The van der Waals surface area contributed by atoms with Crippen molar-refractivity contribution >= 4 is 17.4 Å². The first-order valence-electron chi connectivity index (χ1n) is 9.78. The summed E-state index contributed by atoms with van der Waals surface area (Å²) in [6.45, 7) is 4.56. The maximum Gasteiger partial charge on any atom is 0.274 e. The second-order valence-corrected chi connectivity index (χ2v) is 7.13. The van der Waals surface area contributed by atoms with Crippen LogP contribution < -0.4 is 15.4 Å². The van der Waals surface area contributed by atoms with Gasteiger partial charge in [-0.05, 0) is 63.6 Å². The summed E-state index contributed by atoms with van der Waals surface area (Å²) >= 11 is 0. The van der Waals surface area contributed by atoms with E-state index in [0.717, 1.165) is 18.5 Å². The van der Waals surface area contributed by atoms with Gasteiger partial charge in [0, 0.05) is 12.6 Å². The van der Waals surface area contributed by atoms with Gasteiger partial charge in [-0.1, -0.05) is 17.7 Å². The van der Waals surface area contributed by atoms with E-state index in [1.165, 1.54) is 31.3 Å². The molecule has 0 fully saturated rings. The van der Waals surface area contributed by atoms with Crippen LogP contribution in [0.5, 0.6) is 5.75 Å². The lowest BCUT2D eigenvalue weighted by atomic mass is 9.97. The van der Waals surface area contributed by atoms with Gasteiger partial charge in [-0.3, -0.25) is 4.79 Å². The molecule has 0 radical (unpaired) electrons. The van der Waals surface area contributed by atoms with E-state index in [9.17, 15) is 4.79 Å². The number of ether oxygens (including phenoxy) is 1. The molecule has 0 saturated carbocycles. The minimum absolute atomic E-state index is 0.285. The first kappa shape index (κ1) is 19.9. The maximum absolute atomic E-state index is 12.7. The first-order valence-corrected chi connectivity index (χ1v) is 9.78. The normalized spacial score (nSPS) is 13.6. The number of benzene rings is 1. The van der Waals surface area contributed by atoms with Crippen LogP contribution in [0.3, 0.4) is 0 Å². The summed E-state index contributed by atoms with van der Waals surface area (Å²) in [5.41, 5.74) is 3.50. The Balaban J connectivity index is 1.67. The zero-order valence-corrected chi connectivity index (χ0v) is 16.8. The van der Waals surface area contributed by atoms with Crippen LogP contribution >= 0.6 is 0 Å². The molecule has 2 aromatic rings. The number of carbonyl (C=O) groups excluding carboxylic acids is 1. The number of rotatable bonds is 7. The highest BCUT2D eigenvalue weighted by Crippen LogP contribution is 2.26. The molecule has 2 N–H and O–H groups in total. The Morgan fingerprint density at radius 3 is 2.79 bits per heavy atom. The average Bonchev–Trinajstić information content (AvgIpc) is 2.68. The second-order valence-electron chi connectivity index (χ2n) is 7.13. The number of hydrogen-bond donors (Lipinski definition) is 2. The van der Waals surface area contributed by atoms with Gasteiger partial charge < -0.3 is 15.4 Å². The van der Waals surface area contributed by atoms with Gasteiger partial charge in [0.05, 0.1) is 12.8 Å². The van der Waals surface area contributed by atoms with Gasteiger partial charge in [0.25, 0.3) is 5.91 Å². The molecule has 148 valence electrons. The van der Waals surface area contributed by atoms with Crippen LogP contribution in [0.2, 0.25) is 0 Å². The van der Waals surface area contributed by atoms with Gasteiger partial charge in [0.15, 0.2) is 0 Å². The van der Waals surface area contributed by atoms with E-state index < -0.39 is 0 Å². The number of nitrogens with zero attached hydrogens (tertiary/aromatic N) is 2. The van der Waals surface area contributed by atoms with E-state index in [2.05, 4.69) is 26.7 Å². The second kappa shape index (κ2) is 9.35. The summed E-state index contributed by atoms with van der Waals surface area (Å²) in [6.07, 6.45) is 8.32. The number of hydrogen-bond acceptors (Lipinski definition) is 5. The van der Waals surface area contributed by atoms with E-state index >= 15 is 0 Å². The molecule has 0 spiro atoms. The largest absolute Gasteiger partial charge is 0.495 e. The van der Waals surface area contributed by atoms with Crippen molar-refractivity contribution in [1.82, 2.24) is 9.97 Å². The molecule has 1 aromatic carbocycles. The van der Waals surface area contributed by atoms with Gasteiger partial charge in [0.1, 0.15) is 23.1 Å². The molecule has 1 heterocycles. The molecule has 3 rings (SSSR count). The third-order valence-corrected chi connectivity index (χ3v) is 4.81. The average molecular weight is 380 g/mol. The molecule has 6 nitrogen and oxygen atoms in total. The molecular weight excluding hydrogens is 352 g/mol. The molecule has 1 amide bonds. The molecule has 1 aromatic heterocycles. The standard InChI is InChI=1S/C22H28N4O2/c1-15-9-10-20(28-3)18(13-15)26-22(27)19-14-21(25-16(2)24-19)23-12-11-17-7-5-4-6-8-17/h7,9-10,13-14H,4-6,8,11-12H2,1-3H3,(H,26,27)(H,23,24,25). The number of amides is 1. The first-order chi connectivity index (χ1) is 13.5. The highest BCUT2D eigenvalue weighted by molar-refractivity contribution is 6.04. The Labute approximate surface area is 166 Å². The summed E-state index contributed by atoms with van der Waals surface area (Å²) in [7, 11) is 1.58. The third kappa shape index (κ3) is 5.31. The number of allylic oxidation sites excluding steroid dienone is 1. The predicted molar refractivity (Wildman–Crippen MR) is 112 cm³/mol. The van der Waals surface area contributed by atoms with Crippen molar-refractivity contribution in [3.05, 3.63) is 53.0 Å². The van der Waals surface area contributed by atoms with Crippen molar-refractivity contribution in [2.24, 2.45) is 0 Å². The minimum Gasteiger partial charge on any atom is -0.495 e. The summed E-state index contributed by atoms with van der Waals surface area (Å²) in [5, 5.41) is 6.22. The number of carbonyl (C=O) groups is 1. The Morgan fingerprint density at radius 2 is 2.04 bits per heavy atom. The fraction of sp³-hybridized carbons (Fsp3) is 0.409. The van der Waals surface area contributed by atoms with Crippen LogP contribution in [-0.4, -0.2) is 29.5 Å². The third-order valence-electron chi connectivity index (χ3n) is 4.81. The molecule has 0 bridgehead atoms. The zero-order chi connectivity index (χ0) is 19.9. The van der Waals surface area contributed by atoms with Crippen molar-refractivity contribution in [2.45, 2.75) is 46.0 Å². The molecule has 28 heavy (non-hydrogen) atoms. The van der Waals surface area contributed by atoms with E-state index in [-0.39, 0.29) is 5.91 Å². The molecule has 1 aliphatic carbocycles. The fourth-order valence-electron chi connectivity index (χ4n) is 3.36. The molecule has 6 heteroatoms. The van der Waals surface area contributed by atoms with E-state index in [4.69, 9.17) is 4.74 Å². The summed E-state index contributed by atoms with van der Waals surface area (Å²) < 4.78 is 5.33. The van der Waals surface area contributed by atoms with Crippen molar-refractivity contribution in [3.63, 3.8) is 0 Å². The maximum atomic E-state index is 12.7. The van der Waals surface area contributed by atoms with E-state index in [0.29, 0.717) is 28.8 Å². The van der Waals surface area contributed by atoms with Crippen molar-refractivity contribution < 1.29 is 9.53 Å². The van der Waals surface area contributed by atoms with Crippen LogP contribution in [0.15, 0.2) is 35.9 Å². The minimum atomic E-state index is -0.285. The number of aromatic nitrogens is 2. The Morgan fingerprint density at radius 1 is 1.18 bits per heavy atom. The summed E-state index contributed by atoms with van der Waals surface area (Å²) in [5.74, 6) is 1.56. The molecule has 0 aliphatic heterocycles. The van der Waals surface area contributed by atoms with Gasteiger partial charge in [-0.2, -0.15) is 0 Å². The van der Waals surface area contributed by atoms with Crippen molar-refractivity contribution in [2.75, 3.05) is 24.3 Å². The van der Waals surface area contributed by atoms with Crippen LogP contribution in [0, 0.1) is 13.8 Å². The van der Waals surface area contributed by atoms with Gasteiger partial charge >= 0.3 is 0 Å². The van der Waals surface area contributed by atoms with Crippen LogP contribution in [0.25, 0.3) is 0 Å². The fourth-order valence-corrected chi connectivity index (χ4v) is 3.36. The topological polar surface area (TPSA) is 76.1 Å². The lowest BCUT2D eigenvalue weighted by Gasteiger charge is -2.14. The summed E-state index contributed by atoms with van der Waals surface area (Å²) in [6, 6.07) is 7.35. The molecule has 0 saturated heterocycles. The molecular formula is C22H28N4O2. The smallest absolute Gasteiger partial charge is 0.274 e. The zero-order valence-electron chi connectivity index (χ0n) is 16.8. The Kier molecular flexibility index (Phi) is 6.63. The lowest BCUT2D eigenvalue weighted by molar-refractivity contribution is 0.102. The van der Waals surface area contributed by atoms with Gasteiger partial charge in [0.2, 0.25) is 0 Å². The molecule has 1 aliphatic rings. The predicted octanol–water partition coefficient (Wildman–Crippen LogP) is 4.66. The molecule has 0 unspecified atom stereocenters. The van der Waals surface area contributed by atoms with Crippen molar-refractivity contribution in [3.8, 4) is 5.75 Å². The number of methoxy groups -OCH3 is 1. The van der Waals surface area contributed by atoms with Crippen LogP contribution in [0.1, 0.15) is 54.0 Å². The van der Waals surface area contributed by atoms with Crippen LogP contribution in [-0.2, 0) is 0 Å². The monoisotopic (exact) mass is 380 g/mol. The van der Waals surface area contributed by atoms with E-state index in [1.54, 1.807) is 20.1 Å². The summed E-state index contributed by atoms with van der Waals surface area (Å²) in [4.78, 5) is 21.4. The Bertz CT molecular complexity index is 877. The highest BCUT2D eigenvalue weighted by atomic mass is 16.5. The SMILES string of the molecule is COc1ccc(C)cc1NC(=O)c1cc(NCCC2=CCCCC2)nc(C)n1. The molecule has 0 atom stereocenters. The van der Waals surface area contributed by atoms with Gasteiger partial charge in [-0.25, -0.2) is 9.97 Å². The van der Waals surface area contributed by atoms with E-state index in [1.807, 2.05) is 25.1 Å². The van der Waals surface area contributed by atoms with Crippen LogP contribution in [0.4, 0.5) is 11.5 Å². The highest BCUT2D eigenvalue weighted by Gasteiger charge is 2.14. The number of nitrogens with one attached hydrogen (secondary N) is 2. The number of aryl methyl sites for hydroxylation is 2. The van der Waals surface area contributed by atoms with Gasteiger partial charge in [-0.15, -0.1) is 0 Å². The quantitative estimate of drug-likeness (QED) is 0.684. The number of anilines is 2. The lowest BCUT2D eigenvalue weighted by Crippen LogP contribution is -2.16. The Hall–Kier alpha value is -2.89. The van der Waals surface area contributed by atoms with Crippen molar-refractivity contribution in [1.29, 1.82) is 0 Å².